The van der Waals surface area contributed by atoms with Crippen LogP contribution in [0.15, 0.2) is 23.2 Å². The molecule has 2 saturated heterocycles. The molecule has 0 bridgehead atoms. The standard InChI is InChI=1S/C20H29ClF3N5.HI/c1-15-3-4-17(21)11-18(15)28-7-9-29(10-8-28)19(25-2)26-12-16-5-6-27(13-16)14-20(22,23)24;/h3-4,11,16H,5-10,12-14H2,1-2H3,(H,25,26);1H. The van der Waals surface area contributed by atoms with E-state index in [9.17, 15) is 13.2 Å². The topological polar surface area (TPSA) is 34.1 Å². The van der Waals surface area contributed by atoms with E-state index in [0.717, 1.165) is 49.3 Å². The number of nitrogens with one attached hydrogen (secondary N) is 1. The summed E-state index contributed by atoms with van der Waals surface area (Å²) in [4.78, 5) is 10.4. The highest BCUT2D eigenvalue weighted by Gasteiger charge is 2.34. The maximum absolute atomic E-state index is 12.6. The van der Waals surface area contributed by atoms with E-state index in [0.29, 0.717) is 19.6 Å². The molecule has 3 rings (SSSR count). The third-order valence-electron chi connectivity index (χ3n) is 5.62. The Morgan fingerprint density at radius 3 is 2.53 bits per heavy atom. The summed E-state index contributed by atoms with van der Waals surface area (Å²) in [7, 11) is 1.75. The lowest BCUT2D eigenvalue weighted by molar-refractivity contribution is -0.143. The average molecular weight is 560 g/mol. The number of likely N-dealkylation sites (tertiary alicyclic amines) is 1. The minimum atomic E-state index is -4.13. The smallest absolute Gasteiger partial charge is 0.368 e. The highest BCUT2D eigenvalue weighted by atomic mass is 127. The van der Waals surface area contributed by atoms with Gasteiger partial charge in [0.25, 0.3) is 0 Å². The van der Waals surface area contributed by atoms with Crippen LogP contribution in [0.2, 0.25) is 5.02 Å². The summed E-state index contributed by atoms with van der Waals surface area (Å²) < 4.78 is 37.7. The Bertz CT molecular complexity index is 723. The fourth-order valence-corrected chi connectivity index (χ4v) is 4.29. The molecule has 0 aromatic heterocycles. The highest BCUT2D eigenvalue weighted by Crippen LogP contribution is 2.25. The third kappa shape index (κ3) is 7.05. The Labute approximate surface area is 198 Å². The van der Waals surface area contributed by atoms with Crippen LogP contribution in [0, 0.1) is 12.8 Å². The van der Waals surface area contributed by atoms with Gasteiger partial charge >= 0.3 is 6.18 Å². The second-order valence-electron chi connectivity index (χ2n) is 7.84. The first kappa shape index (κ1) is 25.3. The van der Waals surface area contributed by atoms with Crippen LogP contribution in [0.4, 0.5) is 18.9 Å². The molecule has 0 spiro atoms. The maximum Gasteiger partial charge on any atom is 0.401 e. The van der Waals surface area contributed by atoms with Gasteiger partial charge < -0.3 is 15.1 Å². The summed E-state index contributed by atoms with van der Waals surface area (Å²) in [5.74, 6) is 1.03. The Kier molecular flexibility index (Phi) is 9.35. The lowest BCUT2D eigenvalue weighted by Gasteiger charge is -2.38. The highest BCUT2D eigenvalue weighted by molar-refractivity contribution is 14.0. The van der Waals surface area contributed by atoms with Gasteiger partial charge in [0.2, 0.25) is 0 Å². The fraction of sp³-hybridized carbons (Fsp3) is 0.650. The van der Waals surface area contributed by atoms with Crippen LogP contribution in [0.3, 0.4) is 0 Å². The summed E-state index contributed by atoms with van der Waals surface area (Å²) >= 11 is 6.15. The number of alkyl halides is 3. The number of nitrogens with zero attached hydrogens (tertiary/aromatic N) is 4. The molecule has 1 atom stereocenters. The number of anilines is 1. The maximum atomic E-state index is 12.6. The number of guanidine groups is 1. The summed E-state index contributed by atoms with van der Waals surface area (Å²) in [6, 6.07) is 5.95. The fourth-order valence-electron chi connectivity index (χ4n) is 4.13. The average Bonchev–Trinajstić information content (AvgIpc) is 3.10. The zero-order chi connectivity index (χ0) is 21.0. The second-order valence-corrected chi connectivity index (χ2v) is 8.27. The molecule has 2 heterocycles. The lowest BCUT2D eigenvalue weighted by Crippen LogP contribution is -2.53. The molecular weight excluding hydrogens is 530 g/mol. The number of hydrogen-bond donors (Lipinski definition) is 1. The van der Waals surface area contributed by atoms with Gasteiger partial charge in [0.05, 0.1) is 6.54 Å². The van der Waals surface area contributed by atoms with E-state index in [1.165, 1.54) is 10.5 Å². The monoisotopic (exact) mass is 559 g/mol. The van der Waals surface area contributed by atoms with Crippen LogP contribution in [0.25, 0.3) is 0 Å². The molecule has 1 aromatic rings. The summed E-state index contributed by atoms with van der Waals surface area (Å²) in [5.41, 5.74) is 2.37. The lowest BCUT2D eigenvalue weighted by atomic mass is 10.1. The van der Waals surface area contributed by atoms with Gasteiger partial charge in [-0.15, -0.1) is 24.0 Å². The molecule has 0 aliphatic carbocycles. The predicted molar refractivity (Wildman–Crippen MR) is 127 cm³/mol. The molecule has 1 N–H and O–H groups in total. The first-order valence-corrected chi connectivity index (χ1v) is 10.4. The number of piperazine rings is 1. The Hall–Kier alpha value is -0.940. The minimum absolute atomic E-state index is 0. The molecule has 2 aliphatic rings. The molecule has 30 heavy (non-hydrogen) atoms. The molecule has 0 amide bonds. The van der Waals surface area contributed by atoms with Gasteiger partial charge in [-0.25, -0.2) is 0 Å². The molecule has 5 nitrogen and oxygen atoms in total. The number of aryl methyl sites for hydroxylation is 1. The van der Waals surface area contributed by atoms with Gasteiger partial charge in [0.15, 0.2) is 5.96 Å². The zero-order valence-corrected chi connectivity index (χ0v) is 20.5. The molecule has 2 fully saturated rings. The molecule has 2 aliphatic heterocycles. The van der Waals surface area contributed by atoms with E-state index in [1.807, 2.05) is 18.2 Å². The van der Waals surface area contributed by atoms with Crippen LogP contribution >= 0.6 is 35.6 Å². The summed E-state index contributed by atoms with van der Waals surface area (Å²) in [6.07, 6.45) is -3.35. The number of aliphatic imine (C=N–C) groups is 1. The van der Waals surface area contributed by atoms with Crippen molar-refractivity contribution in [3.8, 4) is 0 Å². The van der Waals surface area contributed by atoms with Gasteiger partial charge in [-0.3, -0.25) is 9.89 Å². The molecule has 0 radical (unpaired) electrons. The van der Waals surface area contributed by atoms with Gasteiger partial charge in [0.1, 0.15) is 0 Å². The van der Waals surface area contributed by atoms with E-state index in [1.54, 1.807) is 7.05 Å². The van der Waals surface area contributed by atoms with Crippen LogP contribution in [-0.2, 0) is 0 Å². The second kappa shape index (κ2) is 11.1. The molecule has 10 heteroatoms. The largest absolute Gasteiger partial charge is 0.401 e. The van der Waals surface area contributed by atoms with Gasteiger partial charge in [-0.1, -0.05) is 17.7 Å². The predicted octanol–water partition coefficient (Wildman–Crippen LogP) is 3.85. The van der Waals surface area contributed by atoms with Crippen molar-refractivity contribution in [3.05, 3.63) is 28.8 Å². The van der Waals surface area contributed by atoms with Crippen molar-refractivity contribution in [1.29, 1.82) is 0 Å². The Morgan fingerprint density at radius 2 is 1.90 bits per heavy atom. The SMILES string of the molecule is CN=C(NCC1CCN(CC(F)(F)F)C1)N1CCN(c2cc(Cl)ccc2C)CC1.I. The van der Waals surface area contributed by atoms with Gasteiger partial charge in [-0.2, -0.15) is 13.2 Å². The van der Waals surface area contributed by atoms with E-state index in [4.69, 9.17) is 11.6 Å². The molecule has 1 aromatic carbocycles. The molecular formula is C20H30ClF3IN5. The molecule has 1 unspecified atom stereocenters. The van der Waals surface area contributed by atoms with Crippen LogP contribution in [0.1, 0.15) is 12.0 Å². The van der Waals surface area contributed by atoms with Gasteiger partial charge in [0, 0.05) is 57.0 Å². The van der Waals surface area contributed by atoms with E-state index < -0.39 is 12.7 Å². The van der Waals surface area contributed by atoms with Crippen molar-refractivity contribution >= 4 is 47.2 Å². The van der Waals surface area contributed by atoms with E-state index in [-0.39, 0.29) is 29.9 Å². The molecule has 170 valence electrons. The van der Waals surface area contributed by atoms with Crippen molar-refractivity contribution in [2.45, 2.75) is 19.5 Å². The van der Waals surface area contributed by atoms with Crippen molar-refractivity contribution in [2.75, 3.05) is 64.3 Å². The number of rotatable bonds is 4. The minimum Gasteiger partial charge on any atom is -0.368 e. The first-order valence-electron chi connectivity index (χ1n) is 10.0. The van der Waals surface area contributed by atoms with E-state index >= 15 is 0 Å². The Balaban J connectivity index is 0.00000320. The van der Waals surface area contributed by atoms with Crippen LogP contribution in [0.5, 0.6) is 0 Å². The third-order valence-corrected chi connectivity index (χ3v) is 5.86. The van der Waals surface area contributed by atoms with Crippen LogP contribution in [-0.4, -0.2) is 81.3 Å². The molecule has 0 saturated carbocycles. The summed E-state index contributed by atoms with van der Waals surface area (Å²) in [5, 5.41) is 4.11. The number of halogens is 5. The van der Waals surface area contributed by atoms with Crippen molar-refractivity contribution in [1.82, 2.24) is 15.1 Å². The van der Waals surface area contributed by atoms with E-state index in [2.05, 4.69) is 27.0 Å². The van der Waals surface area contributed by atoms with Crippen molar-refractivity contribution in [2.24, 2.45) is 10.9 Å². The number of benzene rings is 1. The van der Waals surface area contributed by atoms with Crippen molar-refractivity contribution < 1.29 is 13.2 Å². The van der Waals surface area contributed by atoms with Crippen molar-refractivity contribution in [3.63, 3.8) is 0 Å². The summed E-state index contributed by atoms with van der Waals surface area (Å²) in [6.45, 7) is 6.29. The number of hydrogen-bond acceptors (Lipinski definition) is 3. The Morgan fingerprint density at radius 1 is 1.20 bits per heavy atom. The van der Waals surface area contributed by atoms with Gasteiger partial charge in [-0.05, 0) is 43.5 Å². The van der Waals surface area contributed by atoms with Crippen LogP contribution < -0.4 is 10.2 Å². The quantitative estimate of drug-likeness (QED) is 0.345. The zero-order valence-electron chi connectivity index (χ0n) is 17.4. The normalized spacial score (nSPS) is 21.0. The first-order chi connectivity index (χ1) is 13.7.